The topological polar surface area (TPSA) is 114 Å². The maximum atomic E-state index is 13.2. The molecule has 2 aromatic heterocycles. The highest BCUT2D eigenvalue weighted by atomic mass is 32.2. The second-order valence-electron chi connectivity index (χ2n) is 7.66. The third-order valence-corrected chi connectivity index (χ3v) is 6.48. The van der Waals surface area contributed by atoms with Crippen LogP contribution in [0.5, 0.6) is 5.75 Å². The number of nitrogens with zero attached hydrogens (tertiary/aromatic N) is 4. The van der Waals surface area contributed by atoms with E-state index in [1.54, 1.807) is 26.4 Å². The Labute approximate surface area is 205 Å². The number of nitrogens with two attached hydrogens (primary N) is 1. The van der Waals surface area contributed by atoms with Gasteiger partial charge in [-0.2, -0.15) is 0 Å². The third-order valence-electron chi connectivity index (χ3n) is 5.52. The average Bonchev–Trinajstić information content (AvgIpc) is 3.35. The number of imidazole rings is 1. The van der Waals surface area contributed by atoms with Gasteiger partial charge in [0.1, 0.15) is 17.1 Å². The highest BCUT2D eigenvalue weighted by Gasteiger charge is 2.23. The van der Waals surface area contributed by atoms with Crippen molar-refractivity contribution in [2.75, 3.05) is 18.6 Å². The van der Waals surface area contributed by atoms with Crippen LogP contribution in [0.4, 0.5) is 5.82 Å². The van der Waals surface area contributed by atoms with Crippen molar-refractivity contribution in [3.8, 4) is 11.4 Å². The van der Waals surface area contributed by atoms with Crippen LogP contribution in [0.15, 0.2) is 81.7 Å². The molecular formula is C25H25N5O4S. The molecule has 4 rings (SSSR count). The van der Waals surface area contributed by atoms with Crippen molar-refractivity contribution < 1.29 is 9.53 Å². The maximum absolute atomic E-state index is 13.2. The van der Waals surface area contributed by atoms with E-state index in [1.807, 2.05) is 59.2 Å². The molecule has 2 N–H and O–H groups in total. The number of carbonyl (C=O) groups excluding carboxylic acids is 1. The van der Waals surface area contributed by atoms with E-state index >= 15 is 0 Å². The van der Waals surface area contributed by atoms with E-state index in [1.165, 1.54) is 16.3 Å². The first-order valence-corrected chi connectivity index (χ1v) is 11.9. The van der Waals surface area contributed by atoms with E-state index in [-0.39, 0.29) is 30.2 Å². The summed E-state index contributed by atoms with van der Waals surface area (Å²) < 4.78 is 9.42. The molecule has 0 amide bonds. The van der Waals surface area contributed by atoms with Gasteiger partial charge in [0.05, 0.1) is 25.1 Å². The van der Waals surface area contributed by atoms with Crippen molar-refractivity contribution in [2.45, 2.75) is 25.2 Å². The Hall–Kier alpha value is -4.05. The van der Waals surface area contributed by atoms with Gasteiger partial charge in [0, 0.05) is 25.0 Å². The van der Waals surface area contributed by atoms with Crippen molar-refractivity contribution in [3.05, 3.63) is 99.0 Å². The molecular weight excluding hydrogens is 466 g/mol. The molecule has 0 aliphatic heterocycles. The summed E-state index contributed by atoms with van der Waals surface area (Å²) in [7, 11) is 1.59. The molecule has 0 aliphatic carbocycles. The molecule has 0 fully saturated rings. The Morgan fingerprint density at radius 2 is 1.86 bits per heavy atom. The van der Waals surface area contributed by atoms with Gasteiger partial charge in [-0.15, -0.1) is 0 Å². The number of ketones is 1. The molecule has 2 aromatic carbocycles. The summed E-state index contributed by atoms with van der Waals surface area (Å²) >= 11 is 1.18. The normalized spacial score (nSPS) is 10.9. The fourth-order valence-corrected chi connectivity index (χ4v) is 4.58. The zero-order valence-corrected chi connectivity index (χ0v) is 20.2. The number of methoxy groups -OCH3 is 1. The van der Waals surface area contributed by atoms with Gasteiger partial charge in [-0.1, -0.05) is 48.2 Å². The fourth-order valence-electron chi connectivity index (χ4n) is 3.73. The van der Waals surface area contributed by atoms with Crippen LogP contribution in [0.3, 0.4) is 0 Å². The van der Waals surface area contributed by atoms with Crippen LogP contribution in [0.25, 0.3) is 5.69 Å². The van der Waals surface area contributed by atoms with Crippen LogP contribution in [-0.4, -0.2) is 37.3 Å². The average molecular weight is 492 g/mol. The summed E-state index contributed by atoms with van der Waals surface area (Å²) in [6.07, 6.45) is 3.41. The van der Waals surface area contributed by atoms with Gasteiger partial charge in [-0.05, 0) is 24.6 Å². The van der Waals surface area contributed by atoms with Gasteiger partial charge in [0.15, 0.2) is 10.9 Å². The van der Waals surface area contributed by atoms with Gasteiger partial charge in [0.2, 0.25) is 0 Å². The Morgan fingerprint density at radius 3 is 2.57 bits per heavy atom. The smallest absolute Gasteiger partial charge is 0.332 e. The van der Waals surface area contributed by atoms with Crippen molar-refractivity contribution in [1.29, 1.82) is 0 Å². The predicted octanol–water partition coefficient (Wildman–Crippen LogP) is 2.83. The first-order chi connectivity index (χ1) is 16.9. The number of hydrogen-bond acceptors (Lipinski definition) is 7. The van der Waals surface area contributed by atoms with Crippen molar-refractivity contribution in [1.82, 2.24) is 18.7 Å². The summed E-state index contributed by atoms with van der Waals surface area (Å²) in [5.74, 6) is 0.0157. The molecule has 0 spiro atoms. The van der Waals surface area contributed by atoms with Crippen molar-refractivity contribution in [3.63, 3.8) is 0 Å². The van der Waals surface area contributed by atoms with Crippen LogP contribution in [-0.2, 0) is 13.1 Å². The molecule has 9 nitrogen and oxygen atoms in total. The lowest BCUT2D eigenvalue weighted by atomic mass is 10.2. The third kappa shape index (κ3) is 4.92. The minimum atomic E-state index is -0.680. The summed E-state index contributed by atoms with van der Waals surface area (Å²) in [4.78, 5) is 43.5. The van der Waals surface area contributed by atoms with Crippen molar-refractivity contribution in [2.24, 2.45) is 0 Å². The van der Waals surface area contributed by atoms with E-state index in [9.17, 15) is 14.4 Å². The molecule has 0 aliphatic rings. The quantitative estimate of drug-likeness (QED) is 0.283. The van der Waals surface area contributed by atoms with Crippen LogP contribution in [0.1, 0.15) is 22.8 Å². The van der Waals surface area contributed by atoms with E-state index in [0.717, 1.165) is 15.8 Å². The highest BCUT2D eigenvalue weighted by molar-refractivity contribution is 7.99. The number of aromatic nitrogens is 4. The number of nitrogen functional groups attached to an aromatic ring is 1. The molecule has 35 heavy (non-hydrogen) atoms. The zero-order chi connectivity index (χ0) is 24.9. The number of benzene rings is 2. The van der Waals surface area contributed by atoms with Crippen LogP contribution < -0.4 is 21.7 Å². The molecule has 0 atom stereocenters. The van der Waals surface area contributed by atoms with E-state index in [2.05, 4.69) is 4.98 Å². The maximum Gasteiger partial charge on any atom is 0.332 e. The highest BCUT2D eigenvalue weighted by Crippen LogP contribution is 2.24. The molecule has 180 valence electrons. The molecule has 2 heterocycles. The molecule has 0 radical (unpaired) electrons. The summed E-state index contributed by atoms with van der Waals surface area (Å²) in [5.41, 5.74) is 6.48. The van der Waals surface area contributed by atoms with E-state index < -0.39 is 17.0 Å². The minimum absolute atomic E-state index is 0.0757. The number of Topliss-reactive ketones (excluding diaryl/α,β-unsaturated/α-hetero) is 1. The van der Waals surface area contributed by atoms with Gasteiger partial charge in [0.25, 0.3) is 5.56 Å². The van der Waals surface area contributed by atoms with Crippen LogP contribution in [0.2, 0.25) is 0 Å². The van der Waals surface area contributed by atoms with Gasteiger partial charge < -0.3 is 10.5 Å². The lowest BCUT2D eigenvalue weighted by Gasteiger charge is -2.16. The lowest BCUT2D eigenvalue weighted by molar-refractivity contribution is 0.102. The van der Waals surface area contributed by atoms with E-state index in [4.69, 9.17) is 10.5 Å². The number of carbonyl (C=O) groups is 1. The number of ether oxygens (including phenoxy) is 1. The lowest BCUT2D eigenvalue weighted by Crippen LogP contribution is -2.44. The molecule has 4 aromatic rings. The molecule has 0 saturated carbocycles. The number of thioether (sulfide) groups is 1. The number of rotatable bonds is 9. The standard InChI is InChI=1S/C25H25N5O4S/c1-3-28-23(32)21(22(26)30(25(28)33)15-17-8-5-4-6-9-17)20(31)16-35-24-27-12-13-29(24)18-10-7-11-19(14-18)34-2/h4-14H,3,15-16,26H2,1-2H3. The molecule has 0 unspecified atom stereocenters. The zero-order valence-electron chi connectivity index (χ0n) is 19.4. The summed E-state index contributed by atoms with van der Waals surface area (Å²) in [6.45, 7) is 1.96. The molecule has 0 bridgehead atoms. The SMILES string of the molecule is CCn1c(=O)c(C(=O)CSc2nccn2-c2cccc(OC)c2)c(N)n(Cc2ccccc2)c1=O. The van der Waals surface area contributed by atoms with Gasteiger partial charge in [-0.3, -0.25) is 23.3 Å². The van der Waals surface area contributed by atoms with Gasteiger partial charge >= 0.3 is 5.69 Å². The number of anilines is 1. The monoisotopic (exact) mass is 491 g/mol. The number of hydrogen-bond donors (Lipinski definition) is 1. The Kier molecular flexibility index (Phi) is 7.21. The minimum Gasteiger partial charge on any atom is -0.497 e. The largest absolute Gasteiger partial charge is 0.497 e. The van der Waals surface area contributed by atoms with Gasteiger partial charge in [-0.25, -0.2) is 9.78 Å². The van der Waals surface area contributed by atoms with Crippen molar-refractivity contribution >= 4 is 23.4 Å². The summed E-state index contributed by atoms with van der Waals surface area (Å²) in [5, 5.41) is 0.568. The molecule has 10 heteroatoms. The fraction of sp³-hybridized carbons (Fsp3) is 0.200. The molecule has 0 saturated heterocycles. The Morgan fingerprint density at radius 1 is 1.09 bits per heavy atom. The van der Waals surface area contributed by atoms with Crippen LogP contribution in [0, 0.1) is 0 Å². The Balaban J connectivity index is 1.64. The first-order valence-electron chi connectivity index (χ1n) is 10.9. The van der Waals surface area contributed by atoms with Crippen LogP contribution >= 0.6 is 11.8 Å². The van der Waals surface area contributed by atoms with E-state index in [0.29, 0.717) is 10.9 Å². The second kappa shape index (κ2) is 10.5. The second-order valence-corrected chi connectivity index (χ2v) is 8.60. The summed E-state index contributed by atoms with van der Waals surface area (Å²) in [6, 6.07) is 16.7. The Bertz CT molecular complexity index is 1470. The predicted molar refractivity (Wildman–Crippen MR) is 136 cm³/mol. The first kappa shape index (κ1) is 24.1.